The maximum atomic E-state index is 14.6. The van der Waals surface area contributed by atoms with Gasteiger partial charge in [-0.2, -0.15) is 0 Å². The molecule has 486 valence electrons. The number of amides is 11. The van der Waals surface area contributed by atoms with Crippen LogP contribution in [0.4, 0.5) is 0 Å². The van der Waals surface area contributed by atoms with Gasteiger partial charge in [-0.1, -0.05) is 91.1 Å². The molecule has 0 saturated carbocycles. The van der Waals surface area contributed by atoms with Crippen molar-refractivity contribution in [1.82, 2.24) is 58.5 Å². The molecular formula is C58H102N16O12. The highest BCUT2D eigenvalue weighted by atomic mass is 16.3. The van der Waals surface area contributed by atoms with Gasteiger partial charge in [0.1, 0.15) is 60.4 Å². The fourth-order valence-corrected chi connectivity index (χ4v) is 9.45. The Morgan fingerprint density at radius 1 is 0.535 bits per heavy atom. The molecular weight excluding hydrogens is 1110 g/mol. The first-order valence-electron chi connectivity index (χ1n) is 30.4. The van der Waals surface area contributed by atoms with Gasteiger partial charge in [-0.15, -0.1) is 0 Å². The highest BCUT2D eigenvalue weighted by molar-refractivity contribution is 5.99. The summed E-state index contributed by atoms with van der Waals surface area (Å²) in [6, 6.07) is -5.32. The number of carbonyl (C=O) groups excluding carboxylic acids is 11. The van der Waals surface area contributed by atoms with Crippen LogP contribution in [0.15, 0.2) is 30.3 Å². The first-order chi connectivity index (χ1) is 40.8. The molecule has 22 N–H and O–H groups in total. The molecule has 11 amide bonds. The van der Waals surface area contributed by atoms with E-state index in [1.807, 2.05) is 0 Å². The van der Waals surface area contributed by atoms with Crippen LogP contribution in [0.25, 0.3) is 0 Å². The average molecular weight is 1220 g/mol. The molecule has 1 aromatic rings. The first kappa shape index (κ1) is 75.2. The van der Waals surface area contributed by atoms with Crippen LogP contribution >= 0.6 is 0 Å². The molecule has 1 unspecified atom stereocenters. The molecule has 28 heteroatoms. The van der Waals surface area contributed by atoms with Gasteiger partial charge in [-0.25, -0.2) is 0 Å². The summed E-state index contributed by atoms with van der Waals surface area (Å²) in [6.07, 6.45) is 0.991. The van der Waals surface area contributed by atoms with Crippen LogP contribution < -0.4 is 87.2 Å². The molecule has 1 fully saturated rings. The fourth-order valence-electron chi connectivity index (χ4n) is 9.45. The predicted molar refractivity (Wildman–Crippen MR) is 324 cm³/mol. The van der Waals surface area contributed by atoms with Crippen LogP contribution in [-0.2, 0) is 59.2 Å². The second-order valence-electron chi connectivity index (χ2n) is 23.0. The topological polar surface area (TPSA) is 470 Å². The monoisotopic (exact) mass is 1210 g/mol. The summed E-state index contributed by atoms with van der Waals surface area (Å²) in [5.74, 6) is -8.87. The van der Waals surface area contributed by atoms with E-state index in [4.69, 9.17) is 28.7 Å². The van der Waals surface area contributed by atoms with Crippen molar-refractivity contribution in [2.75, 3.05) is 39.3 Å². The molecule has 1 saturated heterocycles. The Bertz CT molecular complexity index is 2330. The maximum absolute atomic E-state index is 14.6. The van der Waals surface area contributed by atoms with Gasteiger partial charge in [0.2, 0.25) is 65.0 Å². The molecule has 1 aliphatic rings. The number of nitrogens with two attached hydrogens (primary N) is 5. The summed E-state index contributed by atoms with van der Waals surface area (Å²) in [7, 11) is 0. The lowest BCUT2D eigenvalue weighted by atomic mass is 10.00. The summed E-state index contributed by atoms with van der Waals surface area (Å²) < 4.78 is 0. The molecule has 86 heavy (non-hydrogen) atoms. The average Bonchev–Trinajstić information content (AvgIpc) is 3.67. The number of unbranched alkanes of at least 4 members (excludes halogenated alkanes) is 1. The zero-order chi connectivity index (χ0) is 64.5. The van der Waals surface area contributed by atoms with Gasteiger partial charge in [0.25, 0.3) is 0 Å². The van der Waals surface area contributed by atoms with E-state index in [-0.39, 0.29) is 115 Å². The normalized spacial score (nSPS) is 22.5. The van der Waals surface area contributed by atoms with Crippen molar-refractivity contribution in [3.63, 3.8) is 0 Å². The van der Waals surface area contributed by atoms with E-state index in [1.54, 1.807) is 58.0 Å². The number of benzene rings is 1. The van der Waals surface area contributed by atoms with Gasteiger partial charge in [-0.3, -0.25) is 52.7 Å². The molecule has 1 aromatic carbocycles. The van der Waals surface area contributed by atoms with Crippen LogP contribution in [0, 0.1) is 17.8 Å². The number of hydrogen-bond donors (Lipinski definition) is 17. The summed E-state index contributed by atoms with van der Waals surface area (Å²) >= 11 is 0. The van der Waals surface area contributed by atoms with Gasteiger partial charge in [0, 0.05) is 19.4 Å². The van der Waals surface area contributed by atoms with Crippen LogP contribution in [0.1, 0.15) is 138 Å². The van der Waals surface area contributed by atoms with E-state index in [9.17, 15) is 57.8 Å². The van der Waals surface area contributed by atoms with E-state index < -0.39 is 132 Å². The van der Waals surface area contributed by atoms with Crippen LogP contribution in [0.5, 0.6) is 0 Å². The van der Waals surface area contributed by atoms with E-state index in [2.05, 4.69) is 72.3 Å². The highest BCUT2D eigenvalue weighted by Crippen LogP contribution is 2.14. The Hall–Kier alpha value is -6.85. The Labute approximate surface area is 506 Å². The van der Waals surface area contributed by atoms with Gasteiger partial charge in [0.05, 0.1) is 6.10 Å². The predicted octanol–water partition coefficient (Wildman–Crippen LogP) is -3.58. The standard InChI is InChI=1S/C58H102N16O12/c1-8-35(6)14-12-13-17-47(76)65-38(18-24-59)55(83)74-48(36(7)75)58(86)70-42(22-28-63)51(79)69-43-23-29-64-49(77)44(30-33(2)3)71-52(80)40(20-26-61)66-50(78)39(19-25-60)68-56(84)45(31-34(4)5)72-57(85)46(32-37-15-10-9-11-16-37)73-53(81)41(21-27-62)67-54(43)82/h9-11,15-16,33-36,38-46,48,75H,8,12-14,17-32,59-63H2,1-7H3,(H,64,77)(H,65,76)(H,66,78)(H,67,82)(H,68,84)(H,69,79)(H,70,86)(H,71,80)(H,72,85)(H,73,81)(H,74,83)/t35?,36-,38+,39+,40+,41+,42+,43+,44+,45+,46-,48+/m1/s1. The van der Waals surface area contributed by atoms with E-state index >= 15 is 0 Å². The van der Waals surface area contributed by atoms with Crippen molar-refractivity contribution in [3.05, 3.63) is 35.9 Å². The lowest BCUT2D eigenvalue weighted by molar-refractivity contribution is -0.137. The Balaban J connectivity index is 2.69. The Morgan fingerprint density at radius 3 is 1.47 bits per heavy atom. The largest absolute Gasteiger partial charge is 0.391 e. The summed E-state index contributed by atoms with van der Waals surface area (Å²) in [6.45, 7) is 11.8. The smallest absolute Gasteiger partial charge is 0.245 e. The number of aliphatic hydroxyl groups is 1. The molecule has 0 spiro atoms. The summed E-state index contributed by atoms with van der Waals surface area (Å²) in [4.78, 5) is 155. The Morgan fingerprint density at radius 2 is 0.988 bits per heavy atom. The van der Waals surface area contributed by atoms with Crippen LogP contribution in [-0.4, -0.2) is 176 Å². The minimum atomic E-state index is -1.68. The quantitative estimate of drug-likeness (QED) is 0.0331. The second-order valence-corrected chi connectivity index (χ2v) is 23.0. The van der Waals surface area contributed by atoms with Crippen molar-refractivity contribution in [3.8, 4) is 0 Å². The van der Waals surface area contributed by atoms with Gasteiger partial charge < -0.3 is 92.3 Å². The minimum Gasteiger partial charge on any atom is -0.391 e. The van der Waals surface area contributed by atoms with E-state index in [0.29, 0.717) is 17.9 Å². The zero-order valence-corrected chi connectivity index (χ0v) is 51.4. The van der Waals surface area contributed by atoms with Crippen molar-refractivity contribution in [2.45, 2.75) is 205 Å². The lowest BCUT2D eigenvalue weighted by Gasteiger charge is -2.29. The SMILES string of the molecule is CCC(C)CCCCC(=O)N[C@@H](CCN)C(=O)N[C@H](C(=O)N[C@@H](CCN)C(=O)N[C@H]1CCNC(=O)[C@H](CC(C)C)NC(=O)[C@H](CCN)NC(=O)[C@H](CCN)NC(=O)[C@H](CC(C)C)NC(=O)[C@@H](Cc2ccccc2)NC(=O)[C@H](CCN)NC1=O)[C@@H](C)O. The van der Waals surface area contributed by atoms with Crippen molar-refractivity contribution in [1.29, 1.82) is 0 Å². The zero-order valence-electron chi connectivity index (χ0n) is 51.4. The van der Waals surface area contributed by atoms with E-state index in [1.165, 1.54) is 6.92 Å². The maximum Gasteiger partial charge on any atom is 0.245 e. The van der Waals surface area contributed by atoms with Crippen molar-refractivity contribution < 1.29 is 57.8 Å². The Kier molecular flexibility index (Phi) is 35.5. The number of hydrogen-bond acceptors (Lipinski definition) is 17. The summed E-state index contributed by atoms with van der Waals surface area (Å²) in [5.41, 5.74) is 30.1. The van der Waals surface area contributed by atoms with Crippen LogP contribution in [0.3, 0.4) is 0 Å². The highest BCUT2D eigenvalue weighted by Gasteiger charge is 2.37. The van der Waals surface area contributed by atoms with Gasteiger partial charge >= 0.3 is 0 Å². The molecule has 0 aromatic heterocycles. The molecule has 28 nitrogen and oxygen atoms in total. The number of nitrogens with one attached hydrogen (secondary N) is 11. The van der Waals surface area contributed by atoms with Crippen molar-refractivity contribution in [2.24, 2.45) is 46.4 Å². The molecule has 12 atom stereocenters. The van der Waals surface area contributed by atoms with Gasteiger partial charge in [-0.05, 0) is 121 Å². The third-order valence-electron chi connectivity index (χ3n) is 14.5. The molecule has 1 heterocycles. The number of aliphatic hydroxyl groups excluding tert-OH is 1. The molecule has 2 rings (SSSR count). The van der Waals surface area contributed by atoms with Gasteiger partial charge in [0.15, 0.2) is 0 Å². The third-order valence-corrected chi connectivity index (χ3v) is 14.5. The first-order valence-corrected chi connectivity index (χ1v) is 30.4. The third kappa shape index (κ3) is 27.7. The minimum absolute atomic E-state index is 0.00468. The second kappa shape index (κ2) is 40.5. The molecule has 1 aliphatic heterocycles. The molecule has 0 aliphatic carbocycles. The van der Waals surface area contributed by atoms with Crippen molar-refractivity contribution >= 4 is 65.0 Å². The van der Waals surface area contributed by atoms with E-state index in [0.717, 1.165) is 19.3 Å². The lowest BCUT2D eigenvalue weighted by Crippen LogP contribution is -2.62. The number of rotatable bonds is 30. The number of carbonyl (C=O) groups is 11. The molecule has 0 radical (unpaired) electrons. The fraction of sp³-hybridized carbons (Fsp3) is 0.707. The summed E-state index contributed by atoms with van der Waals surface area (Å²) in [5, 5.41) is 39.8. The molecule has 0 bridgehead atoms. The van der Waals surface area contributed by atoms with Crippen LogP contribution in [0.2, 0.25) is 0 Å².